The number of hydrogen-bond acceptors (Lipinski definition) is 5. The molecule has 0 aromatic heterocycles. The Balaban J connectivity index is 2.72. The van der Waals surface area contributed by atoms with Crippen LogP contribution in [-0.2, 0) is 14.3 Å². The molecule has 0 aromatic carbocycles. The first-order valence-electron chi connectivity index (χ1n) is 5.42. The van der Waals surface area contributed by atoms with Gasteiger partial charge in [0.2, 0.25) is 0 Å². The molecule has 1 saturated heterocycles. The van der Waals surface area contributed by atoms with E-state index >= 15 is 0 Å². The van der Waals surface area contributed by atoms with Crippen LogP contribution in [0.5, 0.6) is 0 Å². The molecule has 1 fully saturated rings. The monoisotopic (exact) mass is 261 g/mol. The van der Waals surface area contributed by atoms with Crippen LogP contribution in [0.15, 0.2) is 0 Å². The molecular weight excluding hydrogens is 242 g/mol. The molecule has 0 saturated carbocycles. The first-order valence-corrected chi connectivity index (χ1v) is 6.30. The summed E-state index contributed by atoms with van der Waals surface area (Å²) in [4.78, 5) is 22.9. The van der Waals surface area contributed by atoms with Gasteiger partial charge >= 0.3 is 11.9 Å². The van der Waals surface area contributed by atoms with Gasteiger partial charge in [-0.05, 0) is 34.6 Å². The van der Waals surface area contributed by atoms with E-state index in [1.165, 1.54) is 11.8 Å². The molecule has 0 aromatic rings. The second kappa shape index (κ2) is 4.49. The Labute approximate surface area is 105 Å². The van der Waals surface area contributed by atoms with Gasteiger partial charge in [0.25, 0.3) is 0 Å². The van der Waals surface area contributed by atoms with E-state index in [9.17, 15) is 9.59 Å². The van der Waals surface area contributed by atoms with Crippen LogP contribution in [0.1, 0.15) is 34.6 Å². The Hall–Kier alpha value is -0.750. The largest absolute Gasteiger partial charge is 0.480 e. The minimum atomic E-state index is -0.950. The van der Waals surface area contributed by atoms with Crippen LogP contribution in [0.3, 0.4) is 0 Å². The molecule has 2 N–H and O–H groups in total. The molecular formula is C11H19NO4S. The Morgan fingerprint density at radius 2 is 1.88 bits per heavy atom. The van der Waals surface area contributed by atoms with Gasteiger partial charge in [0.1, 0.15) is 11.6 Å². The molecule has 0 spiro atoms. The van der Waals surface area contributed by atoms with E-state index < -0.39 is 33.7 Å². The van der Waals surface area contributed by atoms with E-state index in [1.807, 2.05) is 0 Å². The van der Waals surface area contributed by atoms with Crippen LogP contribution in [0.4, 0.5) is 0 Å². The highest BCUT2D eigenvalue weighted by Gasteiger charge is 2.48. The van der Waals surface area contributed by atoms with Crippen LogP contribution >= 0.6 is 11.8 Å². The van der Waals surface area contributed by atoms with Crippen molar-refractivity contribution in [1.82, 2.24) is 5.32 Å². The molecule has 17 heavy (non-hydrogen) atoms. The van der Waals surface area contributed by atoms with Crippen molar-refractivity contribution in [3.05, 3.63) is 0 Å². The SMILES string of the molecule is CC(C)(C)OC(=O)C1NC(C(=O)O)C(C)(C)S1. The number of esters is 1. The van der Waals surface area contributed by atoms with Gasteiger partial charge in [-0.25, -0.2) is 4.79 Å². The average Bonchev–Trinajstić information content (AvgIpc) is 2.38. The third kappa shape index (κ3) is 3.61. The molecule has 0 amide bonds. The van der Waals surface area contributed by atoms with Crippen LogP contribution in [0.2, 0.25) is 0 Å². The van der Waals surface area contributed by atoms with Crippen LogP contribution < -0.4 is 5.32 Å². The standard InChI is InChI=1S/C11H19NO4S/c1-10(2,3)16-9(15)7-12-6(8(13)14)11(4,5)17-7/h6-7,12H,1-5H3,(H,13,14). The summed E-state index contributed by atoms with van der Waals surface area (Å²) in [6.45, 7) is 8.95. The first kappa shape index (κ1) is 14.3. The summed E-state index contributed by atoms with van der Waals surface area (Å²) in [6.07, 6.45) is 0. The summed E-state index contributed by atoms with van der Waals surface area (Å²) in [5.74, 6) is -1.37. The van der Waals surface area contributed by atoms with E-state index in [2.05, 4.69) is 5.32 Å². The molecule has 1 heterocycles. The van der Waals surface area contributed by atoms with E-state index in [-0.39, 0.29) is 0 Å². The zero-order valence-corrected chi connectivity index (χ0v) is 11.6. The smallest absolute Gasteiger partial charge is 0.334 e. The summed E-state index contributed by atoms with van der Waals surface area (Å²) in [5, 5.41) is 11.2. The van der Waals surface area contributed by atoms with Crippen molar-refractivity contribution in [2.24, 2.45) is 0 Å². The fourth-order valence-electron chi connectivity index (χ4n) is 1.60. The molecule has 0 aliphatic carbocycles. The molecule has 6 heteroatoms. The number of carboxylic acid groups (broad SMARTS) is 1. The predicted molar refractivity (Wildman–Crippen MR) is 65.9 cm³/mol. The lowest BCUT2D eigenvalue weighted by Crippen LogP contribution is -2.46. The second-order valence-electron chi connectivity index (χ2n) is 5.57. The zero-order valence-electron chi connectivity index (χ0n) is 10.7. The number of carboxylic acids is 1. The Morgan fingerprint density at radius 3 is 2.24 bits per heavy atom. The van der Waals surface area contributed by atoms with Crippen molar-refractivity contribution >= 4 is 23.7 Å². The van der Waals surface area contributed by atoms with Gasteiger partial charge in [-0.15, -0.1) is 11.8 Å². The Kier molecular flexibility index (Phi) is 3.78. The molecule has 2 unspecified atom stereocenters. The third-order valence-electron chi connectivity index (χ3n) is 2.30. The molecule has 5 nitrogen and oxygen atoms in total. The lowest BCUT2D eigenvalue weighted by molar-refractivity contribution is -0.154. The van der Waals surface area contributed by atoms with Crippen LogP contribution in [-0.4, -0.2) is 38.8 Å². The number of hydrogen-bond donors (Lipinski definition) is 2. The van der Waals surface area contributed by atoms with Crippen LogP contribution in [0, 0.1) is 0 Å². The van der Waals surface area contributed by atoms with Crippen molar-refractivity contribution in [2.75, 3.05) is 0 Å². The maximum Gasteiger partial charge on any atom is 0.334 e. The van der Waals surface area contributed by atoms with Crippen molar-refractivity contribution in [1.29, 1.82) is 0 Å². The Bertz CT molecular complexity index is 335. The van der Waals surface area contributed by atoms with Crippen LogP contribution in [0.25, 0.3) is 0 Å². The maximum absolute atomic E-state index is 11.8. The van der Waals surface area contributed by atoms with E-state index in [0.29, 0.717) is 0 Å². The highest BCUT2D eigenvalue weighted by Crippen LogP contribution is 2.38. The molecule has 1 rings (SSSR count). The molecule has 98 valence electrons. The number of carbonyl (C=O) groups excluding carboxylic acids is 1. The highest BCUT2D eigenvalue weighted by molar-refractivity contribution is 8.02. The quantitative estimate of drug-likeness (QED) is 0.728. The fraction of sp³-hybridized carbons (Fsp3) is 0.818. The first-order chi connectivity index (χ1) is 7.53. The van der Waals surface area contributed by atoms with E-state index in [1.54, 1.807) is 34.6 Å². The summed E-state index contributed by atoms with van der Waals surface area (Å²) in [6, 6.07) is -0.745. The summed E-state index contributed by atoms with van der Waals surface area (Å²) < 4.78 is 4.69. The van der Waals surface area contributed by atoms with E-state index in [4.69, 9.17) is 9.84 Å². The molecule has 1 aliphatic rings. The number of rotatable bonds is 2. The summed E-state index contributed by atoms with van der Waals surface area (Å²) in [7, 11) is 0. The number of carbonyl (C=O) groups is 2. The molecule has 1 aliphatic heterocycles. The average molecular weight is 261 g/mol. The topological polar surface area (TPSA) is 75.6 Å². The van der Waals surface area contributed by atoms with Gasteiger partial charge in [0, 0.05) is 4.75 Å². The van der Waals surface area contributed by atoms with Gasteiger partial charge in [-0.2, -0.15) is 0 Å². The summed E-state index contributed by atoms with van der Waals surface area (Å²) >= 11 is 1.29. The number of nitrogens with one attached hydrogen (secondary N) is 1. The van der Waals surface area contributed by atoms with Crippen molar-refractivity contribution < 1.29 is 19.4 Å². The maximum atomic E-state index is 11.8. The molecule has 2 atom stereocenters. The predicted octanol–water partition coefficient (Wildman–Crippen LogP) is 1.22. The van der Waals surface area contributed by atoms with E-state index in [0.717, 1.165) is 0 Å². The summed E-state index contributed by atoms with van der Waals surface area (Å²) in [5.41, 5.74) is -0.565. The minimum Gasteiger partial charge on any atom is -0.480 e. The van der Waals surface area contributed by atoms with Gasteiger partial charge in [0.05, 0.1) is 0 Å². The van der Waals surface area contributed by atoms with Gasteiger partial charge in [-0.1, -0.05) is 0 Å². The number of aliphatic carboxylic acids is 1. The Morgan fingerprint density at radius 1 is 1.35 bits per heavy atom. The number of ether oxygens (including phenoxy) is 1. The number of thioether (sulfide) groups is 1. The van der Waals surface area contributed by atoms with Crippen molar-refractivity contribution in [3.8, 4) is 0 Å². The third-order valence-corrected chi connectivity index (χ3v) is 3.71. The lowest BCUT2D eigenvalue weighted by atomic mass is 10.0. The second-order valence-corrected chi connectivity index (χ2v) is 7.33. The van der Waals surface area contributed by atoms with Gasteiger partial charge < -0.3 is 9.84 Å². The van der Waals surface area contributed by atoms with Crippen molar-refractivity contribution in [2.45, 2.75) is 56.4 Å². The molecule has 0 bridgehead atoms. The van der Waals surface area contributed by atoms with Gasteiger partial charge in [-0.3, -0.25) is 10.1 Å². The highest BCUT2D eigenvalue weighted by atomic mass is 32.2. The van der Waals surface area contributed by atoms with Gasteiger partial charge in [0.15, 0.2) is 5.37 Å². The lowest BCUT2D eigenvalue weighted by Gasteiger charge is -2.22. The minimum absolute atomic E-state index is 0.417. The van der Waals surface area contributed by atoms with Crippen molar-refractivity contribution in [3.63, 3.8) is 0 Å². The molecule has 0 radical (unpaired) electrons. The normalized spacial score (nSPS) is 27.8. The zero-order chi connectivity index (χ0) is 13.4. The fourth-order valence-corrected chi connectivity index (χ4v) is 2.86.